The van der Waals surface area contributed by atoms with E-state index in [1.807, 2.05) is 30.3 Å². The van der Waals surface area contributed by atoms with E-state index in [0.29, 0.717) is 5.92 Å². The Morgan fingerprint density at radius 2 is 1.63 bits per heavy atom. The lowest BCUT2D eigenvalue weighted by atomic mass is 9.72. The second kappa shape index (κ2) is 8.90. The Balaban J connectivity index is 2.02. The van der Waals surface area contributed by atoms with Gasteiger partial charge in [0.05, 0.1) is 12.7 Å². The van der Waals surface area contributed by atoms with Crippen LogP contribution in [0.3, 0.4) is 0 Å². The van der Waals surface area contributed by atoms with E-state index in [0.717, 1.165) is 37.4 Å². The van der Waals surface area contributed by atoms with E-state index in [2.05, 4.69) is 43.0 Å². The number of aliphatic hydroxyl groups is 1. The number of methoxy groups -OCH3 is 1. The molecule has 0 radical (unpaired) electrons. The molecule has 0 bridgehead atoms. The molecule has 2 aromatic carbocycles. The summed E-state index contributed by atoms with van der Waals surface area (Å²) in [6, 6.07) is 18.5. The van der Waals surface area contributed by atoms with Gasteiger partial charge in [-0.05, 0) is 61.5 Å². The predicted molar refractivity (Wildman–Crippen MR) is 111 cm³/mol. The monoisotopic (exact) mass is 367 g/mol. The molecule has 1 fully saturated rings. The molecule has 0 spiro atoms. The summed E-state index contributed by atoms with van der Waals surface area (Å²) < 4.78 is 5.33. The molecule has 3 heteroatoms. The van der Waals surface area contributed by atoms with Gasteiger partial charge in [0, 0.05) is 12.5 Å². The molecule has 0 aliphatic carbocycles. The molecule has 3 nitrogen and oxygen atoms in total. The van der Waals surface area contributed by atoms with E-state index in [9.17, 15) is 5.11 Å². The fourth-order valence-corrected chi connectivity index (χ4v) is 4.40. The number of ether oxygens (including phenoxy) is 1. The maximum absolute atomic E-state index is 12.1. The van der Waals surface area contributed by atoms with E-state index in [1.54, 1.807) is 7.11 Å². The van der Waals surface area contributed by atoms with Gasteiger partial charge in [-0.25, -0.2) is 0 Å². The van der Waals surface area contributed by atoms with Crippen molar-refractivity contribution in [2.45, 2.75) is 44.6 Å². The molecule has 146 valence electrons. The van der Waals surface area contributed by atoms with Crippen molar-refractivity contribution >= 4 is 0 Å². The van der Waals surface area contributed by atoms with Gasteiger partial charge in [0.15, 0.2) is 0 Å². The van der Waals surface area contributed by atoms with Crippen molar-refractivity contribution in [3.8, 4) is 5.75 Å². The third kappa shape index (κ3) is 4.72. The summed E-state index contributed by atoms with van der Waals surface area (Å²) in [6.45, 7) is 7.52. The van der Waals surface area contributed by atoms with E-state index >= 15 is 0 Å². The Labute approximate surface area is 164 Å². The van der Waals surface area contributed by atoms with Crippen LogP contribution >= 0.6 is 0 Å². The van der Waals surface area contributed by atoms with Gasteiger partial charge in [0.25, 0.3) is 0 Å². The summed E-state index contributed by atoms with van der Waals surface area (Å²) in [5.41, 5.74) is 1.28. The van der Waals surface area contributed by atoms with Crippen LogP contribution in [0.1, 0.15) is 50.2 Å². The van der Waals surface area contributed by atoms with Crippen LogP contribution in [0.5, 0.6) is 5.75 Å². The second-order valence-corrected chi connectivity index (χ2v) is 8.22. The van der Waals surface area contributed by atoms with E-state index in [4.69, 9.17) is 4.74 Å². The van der Waals surface area contributed by atoms with Crippen molar-refractivity contribution in [1.82, 2.24) is 4.90 Å². The number of likely N-dealkylation sites (tertiary alicyclic amines) is 1. The van der Waals surface area contributed by atoms with Crippen LogP contribution in [-0.2, 0) is 5.60 Å². The highest BCUT2D eigenvalue weighted by molar-refractivity contribution is 5.35. The van der Waals surface area contributed by atoms with Gasteiger partial charge in [-0.1, -0.05) is 56.3 Å². The molecule has 2 atom stereocenters. The Morgan fingerprint density at radius 1 is 1.00 bits per heavy atom. The van der Waals surface area contributed by atoms with E-state index < -0.39 is 5.60 Å². The molecule has 3 rings (SSSR count). The lowest BCUT2D eigenvalue weighted by Crippen LogP contribution is -2.41. The Bertz CT molecular complexity index is 692. The molecule has 1 saturated heterocycles. The van der Waals surface area contributed by atoms with Crippen LogP contribution in [-0.4, -0.2) is 36.8 Å². The first-order chi connectivity index (χ1) is 13.0. The van der Waals surface area contributed by atoms with Crippen LogP contribution in [0.15, 0.2) is 54.6 Å². The molecular formula is C24H33NO2. The van der Waals surface area contributed by atoms with Gasteiger partial charge in [0.1, 0.15) is 5.75 Å². The van der Waals surface area contributed by atoms with Crippen molar-refractivity contribution in [3.63, 3.8) is 0 Å². The number of nitrogens with zero attached hydrogens (tertiary/aromatic N) is 1. The maximum atomic E-state index is 12.1. The first-order valence-corrected chi connectivity index (χ1v) is 10.2. The zero-order valence-corrected chi connectivity index (χ0v) is 16.9. The Morgan fingerprint density at radius 3 is 2.19 bits per heavy atom. The van der Waals surface area contributed by atoms with Crippen LogP contribution in [0, 0.1) is 5.92 Å². The first kappa shape index (κ1) is 19.9. The Kier molecular flexibility index (Phi) is 6.56. The molecule has 2 aromatic rings. The molecular weight excluding hydrogens is 334 g/mol. The van der Waals surface area contributed by atoms with Crippen LogP contribution in [0.2, 0.25) is 0 Å². The average molecular weight is 368 g/mol. The summed E-state index contributed by atoms with van der Waals surface area (Å²) in [4.78, 5) is 2.51. The number of hydrogen-bond donors (Lipinski definition) is 1. The highest BCUT2D eigenvalue weighted by Crippen LogP contribution is 2.43. The molecule has 0 unspecified atom stereocenters. The second-order valence-electron chi connectivity index (χ2n) is 8.22. The van der Waals surface area contributed by atoms with Crippen LogP contribution in [0.4, 0.5) is 0 Å². The van der Waals surface area contributed by atoms with Crippen molar-refractivity contribution in [1.29, 1.82) is 0 Å². The molecule has 1 aliphatic heterocycles. The number of rotatable bonds is 8. The van der Waals surface area contributed by atoms with Crippen LogP contribution < -0.4 is 4.74 Å². The maximum Gasteiger partial charge on any atom is 0.118 e. The first-order valence-electron chi connectivity index (χ1n) is 10.2. The quantitative estimate of drug-likeness (QED) is 0.727. The van der Waals surface area contributed by atoms with Crippen LogP contribution in [0.25, 0.3) is 0 Å². The molecule has 1 aliphatic rings. The van der Waals surface area contributed by atoms with E-state index in [1.165, 1.54) is 18.4 Å². The zero-order chi connectivity index (χ0) is 19.3. The smallest absolute Gasteiger partial charge is 0.118 e. The van der Waals surface area contributed by atoms with Crippen molar-refractivity contribution in [2.75, 3.05) is 26.7 Å². The highest BCUT2D eigenvalue weighted by Gasteiger charge is 2.41. The van der Waals surface area contributed by atoms with Crippen molar-refractivity contribution in [3.05, 3.63) is 65.7 Å². The summed E-state index contributed by atoms with van der Waals surface area (Å²) in [6.07, 6.45) is 3.24. The third-order valence-corrected chi connectivity index (χ3v) is 5.73. The van der Waals surface area contributed by atoms with Gasteiger partial charge in [-0.3, -0.25) is 0 Å². The topological polar surface area (TPSA) is 32.7 Å². The average Bonchev–Trinajstić information content (AvgIpc) is 3.19. The van der Waals surface area contributed by atoms with Gasteiger partial charge in [0.2, 0.25) is 0 Å². The van der Waals surface area contributed by atoms with Crippen molar-refractivity contribution in [2.24, 2.45) is 5.92 Å². The van der Waals surface area contributed by atoms with Gasteiger partial charge in [-0.15, -0.1) is 0 Å². The number of hydrogen-bond acceptors (Lipinski definition) is 3. The largest absolute Gasteiger partial charge is 0.497 e. The molecule has 1 heterocycles. The van der Waals surface area contributed by atoms with Crippen molar-refractivity contribution < 1.29 is 9.84 Å². The van der Waals surface area contributed by atoms with Gasteiger partial charge < -0.3 is 14.7 Å². The lowest BCUT2D eigenvalue weighted by Gasteiger charge is -2.40. The summed E-state index contributed by atoms with van der Waals surface area (Å²) in [7, 11) is 1.68. The summed E-state index contributed by atoms with van der Waals surface area (Å²) in [5, 5.41) is 12.1. The minimum absolute atomic E-state index is 0.0348. The van der Waals surface area contributed by atoms with Gasteiger partial charge in [-0.2, -0.15) is 0 Å². The molecule has 1 N–H and O–H groups in total. The highest BCUT2D eigenvalue weighted by atomic mass is 16.5. The normalized spacial score (nSPS) is 18.4. The lowest BCUT2D eigenvalue weighted by molar-refractivity contribution is -0.0213. The third-order valence-electron chi connectivity index (χ3n) is 5.73. The fourth-order valence-electron chi connectivity index (χ4n) is 4.40. The zero-order valence-electron chi connectivity index (χ0n) is 16.9. The SMILES string of the molecule is COc1ccc([C@](O)(CC(C)C)[C@@H](CN2CCCC2)c2ccccc2)cc1. The molecule has 27 heavy (non-hydrogen) atoms. The number of benzene rings is 2. The molecule has 0 amide bonds. The Hall–Kier alpha value is -1.84. The predicted octanol–water partition coefficient (Wildman–Crippen LogP) is 4.81. The van der Waals surface area contributed by atoms with E-state index in [-0.39, 0.29) is 5.92 Å². The summed E-state index contributed by atoms with van der Waals surface area (Å²) >= 11 is 0. The summed E-state index contributed by atoms with van der Waals surface area (Å²) in [5.74, 6) is 1.25. The van der Waals surface area contributed by atoms with Gasteiger partial charge >= 0.3 is 0 Å². The fraction of sp³-hybridized carbons (Fsp3) is 0.500. The minimum atomic E-state index is -0.912. The molecule has 0 saturated carbocycles. The standard InChI is InChI=1S/C24H33NO2/c1-19(2)17-24(26,21-11-13-22(27-3)14-12-21)23(18-25-15-7-8-16-25)20-9-5-4-6-10-20/h4-6,9-14,19,23,26H,7-8,15-18H2,1-3H3/t23-,24+/m0/s1. The minimum Gasteiger partial charge on any atom is -0.497 e. The molecule has 0 aromatic heterocycles.